The minimum Gasteiger partial charge on any atom is -0.300 e. The van der Waals surface area contributed by atoms with E-state index >= 15 is 0 Å². The van der Waals surface area contributed by atoms with Crippen molar-refractivity contribution < 1.29 is 8.76 Å². The standard InChI is InChI=1S/C9H18N2O2S/c12-14(13)11-7-3-9(4-8-11)10-5-1-2-6-10/h9H,1-8H2,(H,12,13). The largest absolute Gasteiger partial charge is 0.300 e. The molecule has 2 saturated heterocycles. The zero-order valence-corrected chi connectivity index (χ0v) is 9.21. The van der Waals surface area contributed by atoms with Gasteiger partial charge in [-0.05, 0) is 38.8 Å². The van der Waals surface area contributed by atoms with E-state index in [0.29, 0.717) is 6.04 Å². The molecular weight excluding hydrogens is 200 g/mol. The van der Waals surface area contributed by atoms with Crippen molar-refractivity contribution in [1.82, 2.24) is 9.21 Å². The fourth-order valence-corrected chi connectivity index (χ4v) is 2.99. The first-order valence-electron chi connectivity index (χ1n) is 5.37. The number of rotatable bonds is 2. The quantitative estimate of drug-likeness (QED) is 0.693. The average molecular weight is 218 g/mol. The Labute approximate surface area is 87.7 Å². The van der Waals surface area contributed by atoms with Gasteiger partial charge < -0.3 is 4.90 Å². The van der Waals surface area contributed by atoms with Crippen molar-refractivity contribution in [1.29, 1.82) is 0 Å². The number of hydrogen-bond donors (Lipinski definition) is 1. The highest BCUT2D eigenvalue weighted by Crippen LogP contribution is 2.21. The van der Waals surface area contributed by atoms with Crippen LogP contribution in [0.4, 0.5) is 0 Å². The van der Waals surface area contributed by atoms with Crippen molar-refractivity contribution in [3.8, 4) is 0 Å². The molecule has 2 aliphatic heterocycles. The van der Waals surface area contributed by atoms with E-state index in [1.54, 1.807) is 4.31 Å². The van der Waals surface area contributed by atoms with Gasteiger partial charge in [0.05, 0.1) is 0 Å². The van der Waals surface area contributed by atoms with Crippen LogP contribution in [-0.2, 0) is 11.3 Å². The number of likely N-dealkylation sites (tertiary alicyclic amines) is 1. The maximum absolute atomic E-state index is 10.8. The maximum Gasteiger partial charge on any atom is 0.234 e. The third kappa shape index (κ3) is 2.34. The molecule has 2 heterocycles. The lowest BCUT2D eigenvalue weighted by atomic mass is 10.1. The SMILES string of the molecule is O=S(O)N1CCC(N2CCCC2)CC1. The minimum atomic E-state index is -1.75. The van der Waals surface area contributed by atoms with Gasteiger partial charge in [0.15, 0.2) is 0 Å². The highest BCUT2D eigenvalue weighted by atomic mass is 32.2. The van der Waals surface area contributed by atoms with Crippen molar-refractivity contribution in [3.63, 3.8) is 0 Å². The second-order valence-corrected chi connectivity index (χ2v) is 5.11. The maximum atomic E-state index is 10.8. The zero-order valence-electron chi connectivity index (χ0n) is 8.39. The Morgan fingerprint density at radius 3 is 2.14 bits per heavy atom. The van der Waals surface area contributed by atoms with Crippen LogP contribution >= 0.6 is 0 Å². The summed E-state index contributed by atoms with van der Waals surface area (Å²) in [7, 11) is 0. The van der Waals surface area contributed by atoms with Crippen LogP contribution in [0.3, 0.4) is 0 Å². The van der Waals surface area contributed by atoms with Crippen LogP contribution in [0.1, 0.15) is 25.7 Å². The summed E-state index contributed by atoms with van der Waals surface area (Å²) in [6.07, 6.45) is 4.75. The molecule has 0 aliphatic carbocycles. The smallest absolute Gasteiger partial charge is 0.234 e. The molecule has 2 fully saturated rings. The van der Waals surface area contributed by atoms with Gasteiger partial charge in [0, 0.05) is 19.1 Å². The summed E-state index contributed by atoms with van der Waals surface area (Å²) < 4.78 is 21.4. The molecule has 1 atom stereocenters. The van der Waals surface area contributed by atoms with Gasteiger partial charge in [-0.1, -0.05) is 0 Å². The van der Waals surface area contributed by atoms with Crippen molar-refractivity contribution in [2.75, 3.05) is 26.2 Å². The van der Waals surface area contributed by atoms with Gasteiger partial charge in [0.25, 0.3) is 0 Å². The summed E-state index contributed by atoms with van der Waals surface area (Å²) in [4.78, 5) is 2.54. The lowest BCUT2D eigenvalue weighted by molar-refractivity contribution is 0.167. The Morgan fingerprint density at radius 2 is 1.64 bits per heavy atom. The van der Waals surface area contributed by atoms with Crippen molar-refractivity contribution >= 4 is 11.3 Å². The van der Waals surface area contributed by atoms with E-state index in [-0.39, 0.29) is 0 Å². The first-order valence-corrected chi connectivity index (χ1v) is 6.44. The Morgan fingerprint density at radius 1 is 1.07 bits per heavy atom. The number of hydrogen-bond acceptors (Lipinski definition) is 2. The van der Waals surface area contributed by atoms with Gasteiger partial charge in [-0.3, -0.25) is 4.55 Å². The topological polar surface area (TPSA) is 43.8 Å². The molecule has 5 heteroatoms. The molecule has 82 valence electrons. The van der Waals surface area contributed by atoms with Gasteiger partial charge in [-0.15, -0.1) is 0 Å². The van der Waals surface area contributed by atoms with Gasteiger partial charge >= 0.3 is 0 Å². The molecule has 0 amide bonds. The van der Waals surface area contributed by atoms with Crippen LogP contribution in [0.2, 0.25) is 0 Å². The summed E-state index contributed by atoms with van der Waals surface area (Å²) in [5.74, 6) is 0. The van der Waals surface area contributed by atoms with E-state index in [2.05, 4.69) is 4.90 Å². The van der Waals surface area contributed by atoms with Crippen LogP contribution in [0.15, 0.2) is 0 Å². The van der Waals surface area contributed by atoms with E-state index in [0.717, 1.165) is 25.9 Å². The van der Waals surface area contributed by atoms with Crippen LogP contribution in [-0.4, -0.2) is 50.2 Å². The average Bonchev–Trinajstić information content (AvgIpc) is 2.71. The molecule has 0 saturated carbocycles. The van der Waals surface area contributed by atoms with Crippen molar-refractivity contribution in [3.05, 3.63) is 0 Å². The van der Waals surface area contributed by atoms with E-state index in [9.17, 15) is 4.21 Å². The molecular formula is C9H18N2O2S. The third-order valence-corrected chi connectivity index (χ3v) is 4.11. The summed E-state index contributed by atoms with van der Waals surface area (Å²) in [6.45, 7) is 3.99. The molecule has 0 bridgehead atoms. The first kappa shape index (κ1) is 10.5. The molecule has 14 heavy (non-hydrogen) atoms. The van der Waals surface area contributed by atoms with Crippen molar-refractivity contribution in [2.24, 2.45) is 0 Å². The molecule has 0 aromatic carbocycles. The fraction of sp³-hybridized carbons (Fsp3) is 1.00. The summed E-state index contributed by atoms with van der Waals surface area (Å²) in [5.41, 5.74) is 0. The monoisotopic (exact) mass is 218 g/mol. The summed E-state index contributed by atoms with van der Waals surface area (Å²) in [5, 5.41) is 0. The van der Waals surface area contributed by atoms with Crippen LogP contribution < -0.4 is 0 Å². The number of nitrogens with zero attached hydrogens (tertiary/aromatic N) is 2. The molecule has 0 aromatic heterocycles. The van der Waals surface area contributed by atoms with Crippen LogP contribution in [0.5, 0.6) is 0 Å². The van der Waals surface area contributed by atoms with E-state index in [1.807, 2.05) is 0 Å². The molecule has 0 aromatic rings. The predicted molar refractivity (Wildman–Crippen MR) is 56.2 cm³/mol. The molecule has 1 unspecified atom stereocenters. The lowest BCUT2D eigenvalue weighted by Gasteiger charge is -2.34. The highest BCUT2D eigenvalue weighted by Gasteiger charge is 2.27. The molecule has 0 spiro atoms. The fourth-order valence-electron chi connectivity index (χ4n) is 2.47. The second kappa shape index (κ2) is 4.70. The zero-order chi connectivity index (χ0) is 9.97. The van der Waals surface area contributed by atoms with Crippen molar-refractivity contribution in [2.45, 2.75) is 31.7 Å². The molecule has 1 N–H and O–H groups in total. The highest BCUT2D eigenvalue weighted by molar-refractivity contribution is 7.76. The van der Waals surface area contributed by atoms with Gasteiger partial charge in [0.2, 0.25) is 11.3 Å². The van der Waals surface area contributed by atoms with Gasteiger partial charge in [-0.2, -0.15) is 0 Å². The molecule has 2 aliphatic rings. The molecule has 2 rings (SSSR count). The second-order valence-electron chi connectivity index (χ2n) is 4.13. The van der Waals surface area contributed by atoms with Crippen LogP contribution in [0.25, 0.3) is 0 Å². The normalized spacial score (nSPS) is 29.5. The summed E-state index contributed by atoms with van der Waals surface area (Å²) >= 11 is -1.75. The Balaban J connectivity index is 1.80. The third-order valence-electron chi connectivity index (χ3n) is 3.30. The Hall–Kier alpha value is 0.0300. The first-order chi connectivity index (χ1) is 6.77. The van der Waals surface area contributed by atoms with E-state index in [1.165, 1.54) is 25.9 Å². The van der Waals surface area contributed by atoms with Gasteiger partial charge in [-0.25, -0.2) is 8.51 Å². The predicted octanol–water partition coefficient (Wildman–Crippen LogP) is 0.683. The van der Waals surface area contributed by atoms with E-state index < -0.39 is 11.3 Å². The van der Waals surface area contributed by atoms with E-state index in [4.69, 9.17) is 4.55 Å². The van der Waals surface area contributed by atoms with Gasteiger partial charge in [0.1, 0.15) is 0 Å². The minimum absolute atomic E-state index is 0.664. The molecule has 0 radical (unpaired) electrons. The Bertz CT molecular complexity index is 211. The van der Waals surface area contributed by atoms with Crippen LogP contribution in [0, 0.1) is 0 Å². The Kier molecular flexibility index (Phi) is 3.54. The summed E-state index contributed by atoms with van der Waals surface area (Å²) in [6, 6.07) is 0.664. The molecule has 4 nitrogen and oxygen atoms in total. The lowest BCUT2D eigenvalue weighted by Crippen LogP contribution is -2.44. The number of piperidine rings is 1.